The van der Waals surface area contributed by atoms with E-state index in [0.717, 1.165) is 32.1 Å². The average molecular weight is 592 g/mol. The van der Waals surface area contributed by atoms with Gasteiger partial charge in [0.05, 0.1) is 25.1 Å². The second kappa shape index (κ2) is 16.8. The summed E-state index contributed by atoms with van der Waals surface area (Å²) in [6.07, 6.45) is -10.3. The summed E-state index contributed by atoms with van der Waals surface area (Å²) in [7, 11) is -3.96. The van der Waals surface area contributed by atoms with Crippen molar-refractivity contribution in [3.05, 3.63) is 0 Å². The van der Waals surface area contributed by atoms with Crippen LogP contribution in [-0.4, -0.2) is 148 Å². The van der Waals surface area contributed by atoms with Crippen LogP contribution >= 0.6 is 0 Å². The maximum atomic E-state index is 10.7. The summed E-state index contributed by atoms with van der Waals surface area (Å²) < 4.78 is 52.6. The van der Waals surface area contributed by atoms with E-state index in [-0.39, 0.29) is 18.4 Å². The Bertz CT molecular complexity index is 789. The molecule has 11 atom stereocenters. The second-order valence-electron chi connectivity index (χ2n) is 10.0. The van der Waals surface area contributed by atoms with Crippen molar-refractivity contribution in [2.75, 3.05) is 32.1 Å². The number of rotatable bonds is 17. The number of hydrogen-bond donors (Lipinski definition) is 9. The molecular formula is C23H45NO14S. The lowest BCUT2D eigenvalue weighted by Gasteiger charge is -2.46. The van der Waals surface area contributed by atoms with Crippen molar-refractivity contribution >= 4 is 10.1 Å². The van der Waals surface area contributed by atoms with Crippen molar-refractivity contribution in [2.45, 2.75) is 113 Å². The monoisotopic (exact) mass is 591 g/mol. The maximum absolute atomic E-state index is 10.7. The van der Waals surface area contributed by atoms with Gasteiger partial charge in [-0.1, -0.05) is 25.7 Å². The largest absolute Gasteiger partial charge is 0.394 e. The summed E-state index contributed by atoms with van der Waals surface area (Å²) in [6.45, 7) is 1.33. The summed E-state index contributed by atoms with van der Waals surface area (Å²) in [4.78, 5) is 0. The van der Waals surface area contributed by atoms with Crippen LogP contribution in [0.2, 0.25) is 0 Å². The third-order valence-electron chi connectivity index (χ3n) is 6.83. The Morgan fingerprint density at radius 2 is 1.33 bits per heavy atom. The van der Waals surface area contributed by atoms with Gasteiger partial charge in [0.15, 0.2) is 12.6 Å². The SMILES string of the molecule is CC(CCCCCCCNCCS(=O)(=O)O)OC1OC(CO)C(O)C(O)C1OC1OC(CO)C(O)C(O)C1O. The van der Waals surface area contributed by atoms with Gasteiger partial charge < -0.3 is 60.0 Å². The molecule has 232 valence electrons. The van der Waals surface area contributed by atoms with Gasteiger partial charge in [-0.25, -0.2) is 0 Å². The lowest BCUT2D eigenvalue weighted by atomic mass is 9.97. The molecule has 15 nitrogen and oxygen atoms in total. The van der Waals surface area contributed by atoms with Crippen molar-refractivity contribution in [3.8, 4) is 0 Å². The predicted molar refractivity (Wildman–Crippen MR) is 134 cm³/mol. The molecule has 0 aromatic rings. The van der Waals surface area contributed by atoms with Crippen LogP contribution < -0.4 is 5.32 Å². The topological polar surface area (TPSA) is 245 Å². The van der Waals surface area contributed by atoms with E-state index < -0.39 is 84.7 Å². The summed E-state index contributed by atoms with van der Waals surface area (Å²) in [5, 5.41) is 73.2. The van der Waals surface area contributed by atoms with Gasteiger partial charge in [0.2, 0.25) is 0 Å². The molecule has 9 N–H and O–H groups in total. The van der Waals surface area contributed by atoms with Crippen molar-refractivity contribution in [3.63, 3.8) is 0 Å². The molecule has 0 radical (unpaired) electrons. The van der Waals surface area contributed by atoms with Gasteiger partial charge in [-0.15, -0.1) is 0 Å². The van der Waals surface area contributed by atoms with Gasteiger partial charge in [0.25, 0.3) is 10.1 Å². The highest BCUT2D eigenvalue weighted by Gasteiger charge is 2.51. The van der Waals surface area contributed by atoms with E-state index in [9.17, 15) is 44.2 Å². The molecule has 2 fully saturated rings. The third kappa shape index (κ3) is 11.0. The zero-order valence-corrected chi connectivity index (χ0v) is 22.9. The van der Waals surface area contributed by atoms with Crippen LogP contribution in [-0.2, 0) is 29.1 Å². The van der Waals surface area contributed by atoms with Crippen molar-refractivity contribution < 1.29 is 67.7 Å². The molecule has 2 aliphatic heterocycles. The number of aliphatic hydroxyl groups excluding tert-OH is 7. The van der Waals surface area contributed by atoms with Gasteiger partial charge in [-0.05, 0) is 26.3 Å². The molecule has 2 heterocycles. The molecule has 0 spiro atoms. The number of nitrogens with one attached hydrogen (secondary N) is 1. The number of ether oxygens (including phenoxy) is 4. The summed E-state index contributed by atoms with van der Waals surface area (Å²) in [6, 6.07) is 0. The molecule has 39 heavy (non-hydrogen) atoms. The first-order chi connectivity index (χ1) is 18.4. The molecule has 2 aliphatic rings. The van der Waals surface area contributed by atoms with E-state index in [1.54, 1.807) is 6.92 Å². The van der Waals surface area contributed by atoms with Gasteiger partial charge in [-0.3, -0.25) is 4.55 Å². The number of hydrogen-bond acceptors (Lipinski definition) is 14. The highest BCUT2D eigenvalue weighted by Crippen LogP contribution is 2.30. The standard InChI is InChI=1S/C23H45NO14S/c1-13(7-5-3-2-4-6-8-24-9-10-39(32,33)34)35-23-21(19(30)17(28)15(12-26)37-23)38-22-20(31)18(29)16(27)14(11-25)36-22/h13-31H,2-12H2,1H3,(H,32,33,34). The molecule has 2 rings (SSSR count). The lowest BCUT2D eigenvalue weighted by Crippen LogP contribution is -2.64. The normalized spacial score (nSPS) is 36.6. The van der Waals surface area contributed by atoms with Crippen LogP contribution in [0.15, 0.2) is 0 Å². The minimum atomic E-state index is -3.96. The lowest BCUT2D eigenvalue weighted by molar-refractivity contribution is -0.371. The molecule has 0 aliphatic carbocycles. The maximum Gasteiger partial charge on any atom is 0.266 e. The van der Waals surface area contributed by atoms with Gasteiger partial charge in [-0.2, -0.15) is 8.42 Å². The van der Waals surface area contributed by atoms with Gasteiger partial charge >= 0.3 is 0 Å². The quantitative estimate of drug-likeness (QED) is 0.0598. The van der Waals surface area contributed by atoms with E-state index >= 15 is 0 Å². The fourth-order valence-electron chi connectivity index (χ4n) is 4.48. The zero-order valence-electron chi connectivity index (χ0n) is 22.1. The number of unbranched alkanes of at least 4 members (excludes halogenated alkanes) is 4. The van der Waals surface area contributed by atoms with Crippen LogP contribution in [0.25, 0.3) is 0 Å². The highest BCUT2D eigenvalue weighted by molar-refractivity contribution is 7.85. The summed E-state index contributed by atoms with van der Waals surface area (Å²) in [5.41, 5.74) is 0. The first-order valence-electron chi connectivity index (χ1n) is 13.3. The van der Waals surface area contributed by atoms with Crippen LogP contribution in [0.5, 0.6) is 0 Å². The van der Waals surface area contributed by atoms with Crippen LogP contribution in [0.3, 0.4) is 0 Å². The first kappa shape index (κ1) is 34.6. The van der Waals surface area contributed by atoms with E-state index in [1.807, 2.05) is 0 Å². The fourth-order valence-corrected chi connectivity index (χ4v) is 4.88. The van der Waals surface area contributed by atoms with Crippen LogP contribution in [0, 0.1) is 0 Å². The molecule has 16 heteroatoms. The minimum Gasteiger partial charge on any atom is -0.394 e. The van der Waals surface area contributed by atoms with Gasteiger partial charge in [0, 0.05) is 6.54 Å². The Balaban J connectivity index is 1.82. The van der Waals surface area contributed by atoms with Crippen molar-refractivity contribution in [2.24, 2.45) is 0 Å². The predicted octanol–water partition coefficient (Wildman–Crippen LogP) is -3.17. The minimum absolute atomic E-state index is 0.195. The van der Waals surface area contributed by atoms with E-state index in [4.69, 9.17) is 23.5 Å². The third-order valence-corrected chi connectivity index (χ3v) is 7.55. The van der Waals surface area contributed by atoms with E-state index in [0.29, 0.717) is 13.0 Å². The average Bonchev–Trinajstić information content (AvgIpc) is 2.88. The van der Waals surface area contributed by atoms with Crippen LogP contribution in [0.4, 0.5) is 0 Å². The molecule has 0 amide bonds. The molecule has 2 saturated heterocycles. The Kier molecular flexibility index (Phi) is 14.9. The summed E-state index contributed by atoms with van der Waals surface area (Å²) >= 11 is 0. The Morgan fingerprint density at radius 3 is 1.95 bits per heavy atom. The molecule has 0 bridgehead atoms. The Hall–Kier alpha value is -0.570. The first-order valence-corrected chi connectivity index (χ1v) is 14.9. The molecular weight excluding hydrogens is 546 g/mol. The van der Waals surface area contributed by atoms with Crippen molar-refractivity contribution in [1.82, 2.24) is 5.32 Å². The van der Waals surface area contributed by atoms with Crippen LogP contribution in [0.1, 0.15) is 45.4 Å². The number of aliphatic hydroxyl groups is 7. The van der Waals surface area contributed by atoms with Crippen molar-refractivity contribution in [1.29, 1.82) is 0 Å². The Morgan fingerprint density at radius 1 is 0.769 bits per heavy atom. The second-order valence-corrected chi connectivity index (χ2v) is 11.6. The smallest absolute Gasteiger partial charge is 0.266 e. The molecule has 11 unspecified atom stereocenters. The molecule has 0 aromatic carbocycles. The highest BCUT2D eigenvalue weighted by atomic mass is 32.2. The zero-order chi connectivity index (χ0) is 29.2. The van der Waals surface area contributed by atoms with E-state index in [2.05, 4.69) is 5.32 Å². The van der Waals surface area contributed by atoms with Gasteiger partial charge in [0.1, 0.15) is 48.8 Å². The fraction of sp³-hybridized carbons (Fsp3) is 1.00. The van der Waals surface area contributed by atoms with E-state index in [1.165, 1.54) is 0 Å². The molecule has 0 aromatic heterocycles. The summed E-state index contributed by atoms with van der Waals surface area (Å²) in [5.74, 6) is -0.320. The molecule has 0 saturated carbocycles. The Labute approximate surface area is 228 Å².